The van der Waals surface area contributed by atoms with Crippen molar-refractivity contribution in [3.8, 4) is 0 Å². The molecular weight excluding hydrogens is 220 g/mol. The summed E-state index contributed by atoms with van der Waals surface area (Å²) in [4.78, 5) is 2.75. The van der Waals surface area contributed by atoms with E-state index in [2.05, 4.69) is 38.0 Å². The first-order chi connectivity index (χ1) is 8.54. The second-order valence-electron chi connectivity index (χ2n) is 7.25. The maximum absolute atomic E-state index is 3.62. The zero-order valence-corrected chi connectivity index (χ0v) is 12.8. The van der Waals surface area contributed by atoms with Crippen LogP contribution in [0.3, 0.4) is 0 Å². The second kappa shape index (κ2) is 5.92. The summed E-state index contributed by atoms with van der Waals surface area (Å²) in [5.74, 6) is 0.847. The highest BCUT2D eigenvalue weighted by Crippen LogP contribution is 2.39. The summed E-state index contributed by atoms with van der Waals surface area (Å²) >= 11 is 0. The molecule has 18 heavy (non-hydrogen) atoms. The molecule has 0 bridgehead atoms. The quantitative estimate of drug-likeness (QED) is 0.829. The van der Waals surface area contributed by atoms with Gasteiger partial charge < -0.3 is 10.2 Å². The summed E-state index contributed by atoms with van der Waals surface area (Å²) in [5.41, 5.74) is 0.469. The molecule has 3 atom stereocenters. The lowest BCUT2D eigenvalue weighted by Gasteiger charge is -2.47. The van der Waals surface area contributed by atoms with Crippen LogP contribution in [0.15, 0.2) is 0 Å². The fourth-order valence-corrected chi connectivity index (χ4v) is 4.33. The van der Waals surface area contributed by atoms with Crippen LogP contribution < -0.4 is 5.32 Å². The molecule has 106 valence electrons. The lowest BCUT2D eigenvalue weighted by Crippen LogP contribution is -2.53. The Bertz CT molecular complexity index is 262. The average molecular weight is 252 g/mol. The van der Waals surface area contributed by atoms with Crippen LogP contribution in [0.2, 0.25) is 0 Å². The second-order valence-corrected chi connectivity index (χ2v) is 7.25. The van der Waals surface area contributed by atoms with Gasteiger partial charge in [0.2, 0.25) is 0 Å². The summed E-state index contributed by atoms with van der Waals surface area (Å²) in [7, 11) is 2.16. The minimum atomic E-state index is 0.469. The highest BCUT2D eigenvalue weighted by molar-refractivity contribution is 4.94. The van der Waals surface area contributed by atoms with E-state index >= 15 is 0 Å². The van der Waals surface area contributed by atoms with E-state index < -0.39 is 0 Å². The average Bonchev–Trinajstić information content (AvgIpc) is 2.31. The lowest BCUT2D eigenvalue weighted by molar-refractivity contribution is 0.0596. The van der Waals surface area contributed by atoms with E-state index in [9.17, 15) is 0 Å². The number of hydrogen-bond acceptors (Lipinski definition) is 2. The van der Waals surface area contributed by atoms with Crippen LogP contribution >= 0.6 is 0 Å². The summed E-state index contributed by atoms with van der Waals surface area (Å²) in [5, 5.41) is 3.62. The minimum absolute atomic E-state index is 0.469. The molecule has 2 aliphatic rings. The highest BCUT2D eigenvalue weighted by atomic mass is 15.2. The molecule has 1 aliphatic heterocycles. The van der Waals surface area contributed by atoms with Crippen molar-refractivity contribution in [2.24, 2.45) is 11.3 Å². The van der Waals surface area contributed by atoms with Crippen LogP contribution in [-0.2, 0) is 0 Å². The highest BCUT2D eigenvalue weighted by Gasteiger charge is 2.39. The van der Waals surface area contributed by atoms with Crippen molar-refractivity contribution in [2.45, 2.75) is 71.4 Å². The molecule has 0 aromatic carbocycles. The predicted octanol–water partition coefficient (Wildman–Crippen LogP) is 3.28. The van der Waals surface area contributed by atoms with Gasteiger partial charge in [-0.3, -0.25) is 0 Å². The molecule has 3 unspecified atom stereocenters. The third-order valence-corrected chi connectivity index (χ3v) is 5.43. The van der Waals surface area contributed by atoms with E-state index in [4.69, 9.17) is 0 Å². The van der Waals surface area contributed by atoms with Gasteiger partial charge >= 0.3 is 0 Å². The summed E-state index contributed by atoms with van der Waals surface area (Å²) < 4.78 is 0. The van der Waals surface area contributed by atoms with Crippen molar-refractivity contribution in [2.75, 3.05) is 20.1 Å². The Morgan fingerprint density at radius 1 is 1.17 bits per heavy atom. The molecule has 2 fully saturated rings. The molecular formula is C16H32N2. The van der Waals surface area contributed by atoms with E-state index in [-0.39, 0.29) is 0 Å². The zero-order valence-electron chi connectivity index (χ0n) is 12.8. The SMILES string of the molecule is CNC1C(CN2CCCCC2C)CCCC1(C)C. The first kappa shape index (κ1) is 14.3. The van der Waals surface area contributed by atoms with Crippen molar-refractivity contribution < 1.29 is 0 Å². The van der Waals surface area contributed by atoms with Gasteiger partial charge in [0, 0.05) is 18.6 Å². The fraction of sp³-hybridized carbons (Fsp3) is 1.00. The number of hydrogen-bond donors (Lipinski definition) is 1. The molecule has 1 heterocycles. The van der Waals surface area contributed by atoms with E-state index in [0.717, 1.165) is 12.0 Å². The van der Waals surface area contributed by atoms with Gasteiger partial charge in [0.25, 0.3) is 0 Å². The Labute approximate surface area is 114 Å². The fourth-order valence-electron chi connectivity index (χ4n) is 4.33. The summed E-state index contributed by atoms with van der Waals surface area (Å²) in [6, 6.07) is 1.50. The van der Waals surface area contributed by atoms with Crippen molar-refractivity contribution in [3.63, 3.8) is 0 Å². The molecule has 0 aromatic rings. The van der Waals surface area contributed by atoms with Crippen LogP contribution in [0.4, 0.5) is 0 Å². The first-order valence-corrected chi connectivity index (χ1v) is 7.96. The zero-order chi connectivity index (χ0) is 13.2. The van der Waals surface area contributed by atoms with Crippen LogP contribution in [-0.4, -0.2) is 37.1 Å². The number of rotatable bonds is 3. The van der Waals surface area contributed by atoms with Gasteiger partial charge in [0.05, 0.1) is 0 Å². The van der Waals surface area contributed by atoms with Crippen molar-refractivity contribution in [3.05, 3.63) is 0 Å². The van der Waals surface area contributed by atoms with Gasteiger partial charge in [0.1, 0.15) is 0 Å². The normalized spacial score (nSPS) is 37.7. The molecule has 1 saturated heterocycles. The topological polar surface area (TPSA) is 15.3 Å². The van der Waals surface area contributed by atoms with Gasteiger partial charge in [0.15, 0.2) is 0 Å². The van der Waals surface area contributed by atoms with Crippen LogP contribution in [0, 0.1) is 11.3 Å². The number of nitrogens with zero attached hydrogens (tertiary/aromatic N) is 1. The molecule has 2 nitrogen and oxygen atoms in total. The molecule has 2 heteroatoms. The molecule has 2 rings (SSSR count). The summed E-state index contributed by atoms with van der Waals surface area (Å²) in [6.45, 7) is 9.95. The molecule has 1 saturated carbocycles. The van der Waals surface area contributed by atoms with E-state index in [1.807, 2.05) is 0 Å². The van der Waals surface area contributed by atoms with E-state index in [1.54, 1.807) is 0 Å². The minimum Gasteiger partial charge on any atom is -0.316 e. The van der Waals surface area contributed by atoms with E-state index in [1.165, 1.54) is 51.6 Å². The maximum Gasteiger partial charge on any atom is 0.0156 e. The lowest BCUT2D eigenvalue weighted by atomic mass is 9.67. The van der Waals surface area contributed by atoms with Crippen molar-refractivity contribution in [1.29, 1.82) is 0 Å². The first-order valence-electron chi connectivity index (χ1n) is 7.96. The molecule has 1 aliphatic carbocycles. The number of likely N-dealkylation sites (tertiary alicyclic amines) is 1. The van der Waals surface area contributed by atoms with Crippen molar-refractivity contribution in [1.82, 2.24) is 10.2 Å². The standard InChI is InChI=1S/C16H32N2/c1-13-8-5-6-11-18(13)12-14-9-7-10-16(2,3)15(14)17-4/h13-15,17H,5-12H2,1-4H3. The molecule has 0 spiro atoms. The Balaban J connectivity index is 1.98. The Hall–Kier alpha value is -0.0800. The monoisotopic (exact) mass is 252 g/mol. The molecule has 0 amide bonds. The number of piperidine rings is 1. The van der Waals surface area contributed by atoms with Crippen LogP contribution in [0.1, 0.15) is 59.3 Å². The molecule has 0 aromatic heterocycles. The van der Waals surface area contributed by atoms with Gasteiger partial charge in [-0.15, -0.1) is 0 Å². The Morgan fingerprint density at radius 3 is 2.61 bits per heavy atom. The van der Waals surface area contributed by atoms with Gasteiger partial charge in [-0.2, -0.15) is 0 Å². The Kier molecular flexibility index (Phi) is 4.71. The van der Waals surface area contributed by atoms with Gasteiger partial charge in [-0.1, -0.05) is 26.7 Å². The van der Waals surface area contributed by atoms with E-state index in [0.29, 0.717) is 11.5 Å². The maximum atomic E-state index is 3.62. The molecule has 1 N–H and O–H groups in total. The molecule has 0 radical (unpaired) electrons. The van der Waals surface area contributed by atoms with Crippen molar-refractivity contribution >= 4 is 0 Å². The van der Waals surface area contributed by atoms with Gasteiger partial charge in [-0.05, 0) is 57.5 Å². The smallest absolute Gasteiger partial charge is 0.0156 e. The number of nitrogens with one attached hydrogen (secondary N) is 1. The summed E-state index contributed by atoms with van der Waals surface area (Å²) in [6.07, 6.45) is 8.45. The predicted molar refractivity (Wildman–Crippen MR) is 78.9 cm³/mol. The Morgan fingerprint density at radius 2 is 1.94 bits per heavy atom. The largest absolute Gasteiger partial charge is 0.316 e. The van der Waals surface area contributed by atoms with Gasteiger partial charge in [-0.25, -0.2) is 0 Å². The van der Waals surface area contributed by atoms with Crippen LogP contribution in [0.25, 0.3) is 0 Å². The third-order valence-electron chi connectivity index (χ3n) is 5.43. The van der Waals surface area contributed by atoms with Crippen LogP contribution in [0.5, 0.6) is 0 Å². The third kappa shape index (κ3) is 3.08.